The molecular formula is C23H19F3IN3O4S. The third kappa shape index (κ3) is 5.93. The zero-order chi connectivity index (χ0) is 25.9. The molecule has 0 unspecified atom stereocenters. The van der Waals surface area contributed by atoms with Crippen LogP contribution in [-0.2, 0) is 14.8 Å². The molecule has 0 saturated carbocycles. The number of anilines is 2. The number of nitrogens with one attached hydrogen (secondary N) is 2. The summed E-state index contributed by atoms with van der Waals surface area (Å²) in [6.45, 7) is 3.48. The number of aryl methyl sites for hydroxylation is 2. The molecule has 0 spiro atoms. The van der Waals surface area contributed by atoms with Gasteiger partial charge in [-0.15, -0.1) is 0 Å². The maximum atomic E-state index is 15.0. The summed E-state index contributed by atoms with van der Waals surface area (Å²) in [5.74, 6) is -4.73. The average Bonchev–Trinajstić information content (AvgIpc) is 2.81. The summed E-state index contributed by atoms with van der Waals surface area (Å²) in [5.41, 5.74) is -0.317. The van der Waals surface area contributed by atoms with Gasteiger partial charge in [-0.05, 0) is 72.3 Å². The zero-order valence-corrected chi connectivity index (χ0v) is 21.6. The van der Waals surface area contributed by atoms with E-state index in [0.29, 0.717) is 15.3 Å². The van der Waals surface area contributed by atoms with Gasteiger partial charge >= 0.3 is 5.97 Å². The van der Waals surface area contributed by atoms with Crippen molar-refractivity contribution in [2.24, 2.45) is 5.10 Å². The third-order valence-electron chi connectivity index (χ3n) is 4.86. The minimum absolute atomic E-state index is 0.0865. The highest BCUT2D eigenvalue weighted by Crippen LogP contribution is 2.31. The predicted molar refractivity (Wildman–Crippen MR) is 134 cm³/mol. The quantitative estimate of drug-likeness (QED) is 0.165. The van der Waals surface area contributed by atoms with Crippen LogP contribution in [0.5, 0.6) is 0 Å². The molecule has 12 heteroatoms. The van der Waals surface area contributed by atoms with Crippen molar-refractivity contribution in [3.63, 3.8) is 0 Å². The van der Waals surface area contributed by atoms with Gasteiger partial charge in [-0.25, -0.2) is 22.8 Å². The Morgan fingerprint density at radius 1 is 1.06 bits per heavy atom. The first-order chi connectivity index (χ1) is 16.4. The van der Waals surface area contributed by atoms with E-state index in [1.807, 2.05) is 27.4 Å². The Labute approximate surface area is 213 Å². The number of hydrogen-bond acceptors (Lipinski definition) is 6. The van der Waals surface area contributed by atoms with Crippen LogP contribution in [0.1, 0.15) is 27.0 Å². The van der Waals surface area contributed by atoms with Crippen molar-refractivity contribution >= 4 is 56.2 Å². The van der Waals surface area contributed by atoms with E-state index in [2.05, 4.69) is 15.2 Å². The van der Waals surface area contributed by atoms with E-state index < -0.39 is 50.3 Å². The predicted octanol–water partition coefficient (Wildman–Crippen LogP) is 5.17. The van der Waals surface area contributed by atoms with E-state index in [9.17, 15) is 22.0 Å². The zero-order valence-electron chi connectivity index (χ0n) is 18.6. The Bertz CT molecular complexity index is 1430. The maximum Gasteiger partial charge on any atom is 0.340 e. The highest BCUT2D eigenvalue weighted by atomic mass is 127. The summed E-state index contributed by atoms with van der Waals surface area (Å²) in [6, 6.07) is 9.37. The molecule has 3 aromatic carbocycles. The van der Waals surface area contributed by atoms with Crippen LogP contribution in [0.25, 0.3) is 0 Å². The van der Waals surface area contributed by atoms with Crippen LogP contribution in [0.15, 0.2) is 52.5 Å². The SMILES string of the molecule is COC(=O)c1cc(/C=N/NS(=O)(=O)c2ccc(C)cc2)c(F)c(F)c1Nc1cc(C)c(I)cc1F. The molecule has 0 atom stereocenters. The van der Waals surface area contributed by atoms with Crippen LogP contribution in [0.4, 0.5) is 24.5 Å². The van der Waals surface area contributed by atoms with Crippen molar-refractivity contribution in [3.05, 3.63) is 85.7 Å². The lowest BCUT2D eigenvalue weighted by Crippen LogP contribution is -2.18. The fourth-order valence-electron chi connectivity index (χ4n) is 2.96. The minimum atomic E-state index is -4.07. The molecule has 3 aromatic rings. The standard InChI is InChI=1S/C23H19F3IN3O4S/c1-12-4-6-15(7-5-12)35(32,33)30-28-11-14-9-16(23(31)34-3)22(21(26)20(14)25)29-19-8-13(2)18(27)10-17(19)24/h4-11,29-30H,1-3H3/b28-11+. The summed E-state index contributed by atoms with van der Waals surface area (Å²) < 4.78 is 74.2. The third-order valence-corrected chi connectivity index (χ3v) is 7.26. The van der Waals surface area contributed by atoms with Gasteiger partial charge in [0.1, 0.15) is 5.82 Å². The van der Waals surface area contributed by atoms with Crippen LogP contribution >= 0.6 is 22.6 Å². The number of hydrogen-bond donors (Lipinski definition) is 2. The smallest absolute Gasteiger partial charge is 0.340 e. The Hall–Kier alpha value is -3.13. The van der Waals surface area contributed by atoms with Crippen molar-refractivity contribution in [1.82, 2.24) is 4.83 Å². The van der Waals surface area contributed by atoms with Gasteiger partial charge in [-0.1, -0.05) is 17.7 Å². The minimum Gasteiger partial charge on any atom is -0.465 e. The second-order valence-corrected chi connectivity index (χ2v) is 10.2. The summed E-state index contributed by atoms with van der Waals surface area (Å²) in [5, 5.41) is 5.90. The molecule has 0 fully saturated rings. The molecule has 2 N–H and O–H groups in total. The number of methoxy groups -OCH3 is 1. The van der Waals surface area contributed by atoms with E-state index in [0.717, 1.165) is 18.7 Å². The first kappa shape index (κ1) is 26.5. The molecule has 0 aliphatic rings. The van der Waals surface area contributed by atoms with Crippen LogP contribution < -0.4 is 10.1 Å². The summed E-state index contributed by atoms with van der Waals surface area (Å²) >= 11 is 1.92. The fraction of sp³-hybridized carbons (Fsp3) is 0.130. The van der Waals surface area contributed by atoms with Gasteiger partial charge in [0.15, 0.2) is 11.6 Å². The molecule has 7 nitrogen and oxygen atoms in total. The van der Waals surface area contributed by atoms with E-state index in [-0.39, 0.29) is 10.6 Å². The molecule has 3 rings (SSSR count). The molecule has 0 heterocycles. The van der Waals surface area contributed by atoms with E-state index >= 15 is 4.39 Å². The summed E-state index contributed by atoms with van der Waals surface area (Å²) in [7, 11) is -3.04. The number of ether oxygens (including phenoxy) is 1. The van der Waals surface area contributed by atoms with Gasteiger partial charge in [0.05, 0.1) is 35.2 Å². The number of hydrazone groups is 1. The van der Waals surface area contributed by atoms with Crippen molar-refractivity contribution in [2.45, 2.75) is 18.7 Å². The largest absolute Gasteiger partial charge is 0.465 e. The first-order valence-electron chi connectivity index (χ1n) is 9.89. The first-order valence-corrected chi connectivity index (χ1v) is 12.4. The molecule has 0 amide bonds. The molecule has 0 aliphatic heterocycles. The Morgan fingerprint density at radius 2 is 1.71 bits per heavy atom. The Balaban J connectivity index is 1.98. The van der Waals surface area contributed by atoms with Crippen molar-refractivity contribution in [3.8, 4) is 0 Å². The maximum absolute atomic E-state index is 15.0. The second-order valence-electron chi connectivity index (χ2n) is 7.38. The number of nitrogens with zero attached hydrogens (tertiary/aromatic N) is 1. The lowest BCUT2D eigenvalue weighted by molar-refractivity contribution is 0.0601. The molecule has 0 aliphatic carbocycles. The molecule has 35 heavy (non-hydrogen) atoms. The molecule has 0 bridgehead atoms. The number of benzene rings is 3. The van der Waals surface area contributed by atoms with Gasteiger partial charge in [-0.2, -0.15) is 13.5 Å². The number of sulfonamides is 1. The lowest BCUT2D eigenvalue weighted by atomic mass is 10.1. The normalized spacial score (nSPS) is 11.5. The summed E-state index contributed by atoms with van der Waals surface area (Å²) in [6.07, 6.45) is 0.704. The van der Waals surface area contributed by atoms with Gasteiger partial charge in [-0.3, -0.25) is 0 Å². The van der Waals surface area contributed by atoms with Crippen molar-refractivity contribution in [2.75, 3.05) is 12.4 Å². The Kier molecular flexibility index (Phi) is 8.05. The Morgan fingerprint density at radius 3 is 2.34 bits per heavy atom. The molecule has 0 aromatic heterocycles. The number of halogens is 4. The molecule has 184 valence electrons. The van der Waals surface area contributed by atoms with E-state index in [1.165, 1.54) is 24.3 Å². The average molecular weight is 617 g/mol. The van der Waals surface area contributed by atoms with Crippen LogP contribution in [0.3, 0.4) is 0 Å². The molecule has 0 radical (unpaired) electrons. The fourth-order valence-corrected chi connectivity index (χ4v) is 4.18. The van der Waals surface area contributed by atoms with Gasteiger partial charge < -0.3 is 10.1 Å². The number of esters is 1. The number of carbonyl (C=O) groups is 1. The van der Waals surface area contributed by atoms with Crippen molar-refractivity contribution in [1.29, 1.82) is 0 Å². The lowest BCUT2D eigenvalue weighted by Gasteiger charge is -2.15. The monoisotopic (exact) mass is 617 g/mol. The van der Waals surface area contributed by atoms with Crippen LogP contribution in [0, 0.1) is 34.9 Å². The molecule has 0 saturated heterocycles. The van der Waals surface area contributed by atoms with Crippen LogP contribution in [0.2, 0.25) is 0 Å². The highest BCUT2D eigenvalue weighted by molar-refractivity contribution is 14.1. The number of carbonyl (C=O) groups excluding carboxylic acids is 1. The summed E-state index contributed by atoms with van der Waals surface area (Å²) in [4.78, 5) is 14.1. The highest BCUT2D eigenvalue weighted by Gasteiger charge is 2.24. The van der Waals surface area contributed by atoms with Crippen molar-refractivity contribution < 1.29 is 31.1 Å². The van der Waals surface area contributed by atoms with Crippen LogP contribution in [-0.4, -0.2) is 27.7 Å². The van der Waals surface area contributed by atoms with E-state index in [4.69, 9.17) is 0 Å². The van der Waals surface area contributed by atoms with Gasteiger partial charge in [0.2, 0.25) is 0 Å². The number of rotatable bonds is 7. The second kappa shape index (κ2) is 10.6. The topological polar surface area (TPSA) is 96.9 Å². The van der Waals surface area contributed by atoms with E-state index in [1.54, 1.807) is 26.0 Å². The molecular weight excluding hydrogens is 598 g/mol. The van der Waals surface area contributed by atoms with Gasteiger partial charge in [0, 0.05) is 9.13 Å². The van der Waals surface area contributed by atoms with Gasteiger partial charge in [0.25, 0.3) is 10.0 Å².